The maximum Gasteiger partial charge on any atom is 0.356 e. The Labute approximate surface area is 127 Å². The molecule has 112 valence electrons. The summed E-state index contributed by atoms with van der Waals surface area (Å²) < 4.78 is 10.4. The van der Waals surface area contributed by atoms with Crippen LogP contribution in [0.5, 0.6) is 5.75 Å². The zero-order valence-corrected chi connectivity index (χ0v) is 12.4. The summed E-state index contributed by atoms with van der Waals surface area (Å²) in [6.07, 6.45) is 0. The van der Waals surface area contributed by atoms with Crippen molar-refractivity contribution in [3.63, 3.8) is 0 Å². The fourth-order valence-corrected chi connectivity index (χ4v) is 2.45. The Morgan fingerprint density at radius 1 is 1.18 bits per heavy atom. The van der Waals surface area contributed by atoms with Crippen LogP contribution in [0.3, 0.4) is 0 Å². The van der Waals surface area contributed by atoms with E-state index >= 15 is 0 Å². The van der Waals surface area contributed by atoms with Crippen LogP contribution in [0.25, 0.3) is 22.0 Å². The first-order valence-corrected chi connectivity index (χ1v) is 7.03. The Morgan fingerprint density at radius 3 is 2.68 bits per heavy atom. The van der Waals surface area contributed by atoms with Gasteiger partial charge in [0.2, 0.25) is 0 Å². The van der Waals surface area contributed by atoms with E-state index in [4.69, 9.17) is 9.47 Å². The van der Waals surface area contributed by atoms with Gasteiger partial charge in [-0.05, 0) is 30.5 Å². The molecule has 0 aliphatic heterocycles. The average molecular weight is 296 g/mol. The second-order valence-corrected chi connectivity index (χ2v) is 4.75. The fourth-order valence-electron chi connectivity index (χ4n) is 2.45. The van der Waals surface area contributed by atoms with Crippen LogP contribution in [-0.4, -0.2) is 29.9 Å². The van der Waals surface area contributed by atoms with Crippen LogP contribution in [0.1, 0.15) is 17.4 Å². The van der Waals surface area contributed by atoms with E-state index in [9.17, 15) is 4.79 Å². The average Bonchev–Trinajstić information content (AvgIpc) is 3.04. The van der Waals surface area contributed by atoms with E-state index in [-0.39, 0.29) is 0 Å². The Morgan fingerprint density at radius 2 is 1.95 bits per heavy atom. The molecule has 1 aromatic heterocycles. The van der Waals surface area contributed by atoms with Gasteiger partial charge in [-0.1, -0.05) is 24.3 Å². The number of hydrogen-bond acceptors (Lipinski definition) is 4. The van der Waals surface area contributed by atoms with Gasteiger partial charge in [0.05, 0.1) is 19.4 Å². The Bertz CT molecular complexity index is 824. The molecule has 0 amide bonds. The molecular weight excluding hydrogens is 280 g/mol. The number of nitrogens with one attached hydrogen (secondary N) is 1. The van der Waals surface area contributed by atoms with E-state index in [1.165, 1.54) is 0 Å². The van der Waals surface area contributed by atoms with Crippen LogP contribution >= 0.6 is 0 Å². The molecule has 22 heavy (non-hydrogen) atoms. The summed E-state index contributed by atoms with van der Waals surface area (Å²) >= 11 is 0. The summed E-state index contributed by atoms with van der Waals surface area (Å²) in [4.78, 5) is 11.7. The number of aromatic amines is 1. The number of aromatic nitrogens is 2. The van der Waals surface area contributed by atoms with Crippen molar-refractivity contribution in [3.8, 4) is 17.0 Å². The molecule has 0 spiro atoms. The van der Waals surface area contributed by atoms with Crippen molar-refractivity contribution in [2.24, 2.45) is 0 Å². The lowest BCUT2D eigenvalue weighted by Crippen LogP contribution is -2.04. The highest BCUT2D eigenvalue weighted by molar-refractivity contribution is 6.00. The van der Waals surface area contributed by atoms with Crippen LogP contribution in [0.4, 0.5) is 0 Å². The molecule has 1 N–H and O–H groups in total. The lowest BCUT2D eigenvalue weighted by atomic mass is 10.0. The lowest BCUT2D eigenvalue weighted by molar-refractivity contribution is 0.0519. The number of carbonyl (C=O) groups excluding carboxylic acids is 1. The van der Waals surface area contributed by atoms with Gasteiger partial charge in [0.15, 0.2) is 0 Å². The zero-order chi connectivity index (χ0) is 15.5. The van der Waals surface area contributed by atoms with Gasteiger partial charge in [-0.25, -0.2) is 4.79 Å². The van der Waals surface area contributed by atoms with Gasteiger partial charge < -0.3 is 9.47 Å². The van der Waals surface area contributed by atoms with Gasteiger partial charge in [-0.3, -0.25) is 5.10 Å². The fraction of sp³-hybridized carbons (Fsp3) is 0.176. The van der Waals surface area contributed by atoms with Gasteiger partial charge in [0, 0.05) is 10.9 Å². The SMILES string of the molecule is CCOC(=O)c1cc(-c2ccc(OC)c3ccccc23)n[nH]1. The molecule has 0 saturated carbocycles. The van der Waals surface area contributed by atoms with Gasteiger partial charge >= 0.3 is 5.97 Å². The molecule has 2 aromatic carbocycles. The molecule has 0 saturated heterocycles. The van der Waals surface area contributed by atoms with E-state index in [1.54, 1.807) is 20.1 Å². The van der Waals surface area contributed by atoms with Crippen molar-refractivity contribution in [2.75, 3.05) is 13.7 Å². The topological polar surface area (TPSA) is 64.2 Å². The van der Waals surface area contributed by atoms with Crippen LogP contribution in [-0.2, 0) is 4.74 Å². The van der Waals surface area contributed by atoms with Gasteiger partial charge in [-0.2, -0.15) is 5.10 Å². The molecule has 1 heterocycles. The first-order chi connectivity index (χ1) is 10.7. The van der Waals surface area contributed by atoms with Gasteiger partial charge in [0.1, 0.15) is 11.4 Å². The molecule has 3 aromatic rings. The molecule has 0 bridgehead atoms. The van der Waals surface area contributed by atoms with E-state index < -0.39 is 5.97 Å². The number of fused-ring (bicyclic) bond motifs is 1. The largest absolute Gasteiger partial charge is 0.496 e. The minimum Gasteiger partial charge on any atom is -0.496 e. The number of hydrogen-bond donors (Lipinski definition) is 1. The number of methoxy groups -OCH3 is 1. The second kappa shape index (κ2) is 5.89. The van der Waals surface area contributed by atoms with Gasteiger partial charge in [-0.15, -0.1) is 0 Å². The van der Waals surface area contributed by atoms with E-state index in [1.807, 2.05) is 36.4 Å². The Balaban J connectivity index is 2.09. The standard InChI is InChI=1S/C17H16N2O3/c1-3-22-17(20)15-10-14(18-19-15)12-8-9-16(21-2)13-7-5-4-6-11(12)13/h4-10H,3H2,1-2H3,(H,18,19). The first kappa shape index (κ1) is 14.1. The summed E-state index contributed by atoms with van der Waals surface area (Å²) in [5.74, 6) is 0.402. The molecule has 0 unspecified atom stereocenters. The molecule has 3 rings (SSSR count). The minimum atomic E-state index is -0.404. The molecule has 0 atom stereocenters. The summed E-state index contributed by atoms with van der Waals surface area (Å²) in [6.45, 7) is 2.10. The number of nitrogens with zero attached hydrogens (tertiary/aromatic N) is 1. The number of benzene rings is 2. The lowest BCUT2D eigenvalue weighted by Gasteiger charge is -2.08. The normalized spacial score (nSPS) is 10.6. The minimum absolute atomic E-state index is 0.332. The highest BCUT2D eigenvalue weighted by atomic mass is 16.5. The maximum absolute atomic E-state index is 11.7. The summed E-state index contributed by atoms with van der Waals surface area (Å²) in [6, 6.07) is 13.5. The summed E-state index contributed by atoms with van der Waals surface area (Å²) in [5, 5.41) is 8.98. The van der Waals surface area contributed by atoms with Crippen molar-refractivity contribution in [1.29, 1.82) is 0 Å². The van der Waals surface area contributed by atoms with Crippen LogP contribution < -0.4 is 4.74 Å². The summed E-state index contributed by atoms with van der Waals surface area (Å²) in [7, 11) is 1.65. The predicted octanol–water partition coefficient (Wildman–Crippen LogP) is 3.42. The summed E-state index contributed by atoms with van der Waals surface area (Å²) in [5.41, 5.74) is 1.97. The van der Waals surface area contributed by atoms with Crippen molar-refractivity contribution >= 4 is 16.7 Å². The zero-order valence-electron chi connectivity index (χ0n) is 12.4. The highest BCUT2D eigenvalue weighted by Crippen LogP contribution is 2.33. The molecule has 0 fully saturated rings. The van der Waals surface area contributed by atoms with Gasteiger partial charge in [0.25, 0.3) is 0 Å². The third-order valence-corrected chi connectivity index (χ3v) is 3.45. The third-order valence-electron chi connectivity index (χ3n) is 3.45. The number of rotatable bonds is 4. The van der Waals surface area contributed by atoms with Crippen LogP contribution in [0, 0.1) is 0 Å². The first-order valence-electron chi connectivity index (χ1n) is 7.03. The number of ether oxygens (including phenoxy) is 2. The monoisotopic (exact) mass is 296 g/mol. The number of esters is 1. The number of carbonyl (C=O) groups is 1. The number of H-pyrrole nitrogens is 1. The molecule has 0 aliphatic carbocycles. The van der Waals surface area contributed by atoms with Crippen molar-refractivity contribution in [3.05, 3.63) is 48.2 Å². The van der Waals surface area contributed by atoms with E-state index in [0.29, 0.717) is 18.0 Å². The van der Waals surface area contributed by atoms with E-state index in [2.05, 4.69) is 10.2 Å². The van der Waals surface area contributed by atoms with Crippen molar-refractivity contribution in [2.45, 2.75) is 6.92 Å². The van der Waals surface area contributed by atoms with Crippen LogP contribution in [0.2, 0.25) is 0 Å². The Hall–Kier alpha value is -2.82. The quantitative estimate of drug-likeness (QED) is 0.749. The highest BCUT2D eigenvalue weighted by Gasteiger charge is 2.14. The molecule has 0 radical (unpaired) electrons. The third kappa shape index (κ3) is 2.41. The molecule has 5 heteroatoms. The van der Waals surface area contributed by atoms with Crippen molar-refractivity contribution < 1.29 is 14.3 Å². The predicted molar refractivity (Wildman–Crippen MR) is 84.0 cm³/mol. The molecule has 5 nitrogen and oxygen atoms in total. The molecular formula is C17H16N2O3. The maximum atomic E-state index is 11.7. The Kier molecular flexibility index (Phi) is 3.78. The van der Waals surface area contributed by atoms with E-state index in [0.717, 1.165) is 22.1 Å². The second-order valence-electron chi connectivity index (χ2n) is 4.75. The van der Waals surface area contributed by atoms with Crippen LogP contribution in [0.15, 0.2) is 42.5 Å². The molecule has 0 aliphatic rings. The van der Waals surface area contributed by atoms with Crippen molar-refractivity contribution in [1.82, 2.24) is 10.2 Å². The smallest absolute Gasteiger partial charge is 0.356 e.